The molecular formula is C12H17NOS. The number of rotatable bonds is 3. The molecule has 1 saturated heterocycles. The maximum Gasteiger partial charge on any atom is 0.116 e. The lowest BCUT2D eigenvalue weighted by atomic mass is 10.1. The minimum absolute atomic E-state index is 0.358. The Morgan fingerprint density at radius 1 is 1.40 bits per heavy atom. The van der Waals surface area contributed by atoms with Crippen LogP contribution in [0.5, 0.6) is 5.75 Å². The van der Waals surface area contributed by atoms with Crippen LogP contribution in [0.25, 0.3) is 0 Å². The first kappa shape index (κ1) is 10.8. The van der Waals surface area contributed by atoms with Crippen molar-refractivity contribution in [3.05, 3.63) is 24.3 Å². The SMILES string of the molecule is Oc1cccc(SCC2CCCCN2)c1. The number of piperidine rings is 1. The largest absolute Gasteiger partial charge is 0.508 e. The number of phenols is 1. The molecule has 1 aliphatic rings. The molecule has 0 saturated carbocycles. The molecule has 1 fully saturated rings. The van der Waals surface area contributed by atoms with Crippen molar-refractivity contribution in [3.8, 4) is 5.75 Å². The molecule has 0 radical (unpaired) electrons. The van der Waals surface area contributed by atoms with Gasteiger partial charge in [-0.25, -0.2) is 0 Å². The van der Waals surface area contributed by atoms with E-state index in [2.05, 4.69) is 5.32 Å². The summed E-state index contributed by atoms with van der Waals surface area (Å²) >= 11 is 1.82. The van der Waals surface area contributed by atoms with Crippen molar-refractivity contribution in [1.82, 2.24) is 5.32 Å². The van der Waals surface area contributed by atoms with E-state index >= 15 is 0 Å². The average Bonchev–Trinajstić information content (AvgIpc) is 2.28. The summed E-state index contributed by atoms with van der Waals surface area (Å²) in [5.41, 5.74) is 0. The van der Waals surface area contributed by atoms with Crippen LogP contribution in [0.1, 0.15) is 19.3 Å². The van der Waals surface area contributed by atoms with Crippen molar-refractivity contribution in [3.63, 3.8) is 0 Å². The van der Waals surface area contributed by atoms with Gasteiger partial charge in [0.2, 0.25) is 0 Å². The Morgan fingerprint density at radius 2 is 2.33 bits per heavy atom. The summed E-state index contributed by atoms with van der Waals surface area (Å²) < 4.78 is 0. The molecule has 1 aromatic carbocycles. The lowest BCUT2D eigenvalue weighted by Crippen LogP contribution is -2.35. The van der Waals surface area contributed by atoms with Gasteiger partial charge in [0.25, 0.3) is 0 Å². The second-order valence-electron chi connectivity index (χ2n) is 3.96. The zero-order valence-corrected chi connectivity index (χ0v) is 9.59. The van der Waals surface area contributed by atoms with Crippen LogP contribution in [0.2, 0.25) is 0 Å². The van der Waals surface area contributed by atoms with Gasteiger partial charge in [0.15, 0.2) is 0 Å². The molecule has 0 aliphatic carbocycles. The Morgan fingerprint density at radius 3 is 3.07 bits per heavy atom. The van der Waals surface area contributed by atoms with Crippen molar-refractivity contribution >= 4 is 11.8 Å². The zero-order valence-electron chi connectivity index (χ0n) is 8.78. The number of thioether (sulfide) groups is 1. The highest BCUT2D eigenvalue weighted by molar-refractivity contribution is 7.99. The van der Waals surface area contributed by atoms with Crippen molar-refractivity contribution in [2.45, 2.75) is 30.2 Å². The first-order chi connectivity index (χ1) is 7.34. The fourth-order valence-corrected chi connectivity index (χ4v) is 2.89. The van der Waals surface area contributed by atoms with Gasteiger partial charge in [-0.05, 0) is 37.6 Å². The Bertz CT molecular complexity index is 310. The Labute approximate surface area is 95.1 Å². The lowest BCUT2D eigenvalue weighted by molar-refractivity contribution is 0.430. The fraction of sp³-hybridized carbons (Fsp3) is 0.500. The molecule has 1 aliphatic heterocycles. The van der Waals surface area contributed by atoms with E-state index in [4.69, 9.17) is 0 Å². The quantitative estimate of drug-likeness (QED) is 0.773. The molecule has 15 heavy (non-hydrogen) atoms. The Kier molecular flexibility index (Phi) is 3.92. The summed E-state index contributed by atoms with van der Waals surface area (Å²) in [7, 11) is 0. The molecule has 2 N–H and O–H groups in total. The van der Waals surface area contributed by atoms with Gasteiger partial charge < -0.3 is 10.4 Å². The second-order valence-corrected chi connectivity index (χ2v) is 5.05. The average molecular weight is 223 g/mol. The fourth-order valence-electron chi connectivity index (χ4n) is 1.84. The predicted molar refractivity (Wildman–Crippen MR) is 64.5 cm³/mol. The summed E-state index contributed by atoms with van der Waals surface area (Å²) in [6.07, 6.45) is 3.94. The van der Waals surface area contributed by atoms with E-state index in [0.717, 1.165) is 17.2 Å². The van der Waals surface area contributed by atoms with Crippen LogP contribution >= 0.6 is 11.8 Å². The molecule has 0 amide bonds. The summed E-state index contributed by atoms with van der Waals surface area (Å²) in [6.45, 7) is 1.16. The topological polar surface area (TPSA) is 32.3 Å². The molecule has 0 spiro atoms. The van der Waals surface area contributed by atoms with E-state index < -0.39 is 0 Å². The number of aromatic hydroxyl groups is 1. The number of nitrogens with one attached hydrogen (secondary N) is 1. The standard InChI is InChI=1S/C12H17NOS/c14-11-5-3-6-12(8-11)15-9-10-4-1-2-7-13-10/h3,5-6,8,10,13-14H,1-2,4,7,9H2. The Hall–Kier alpha value is -0.670. The van der Waals surface area contributed by atoms with Crippen LogP contribution < -0.4 is 5.32 Å². The van der Waals surface area contributed by atoms with Gasteiger partial charge in [0, 0.05) is 16.7 Å². The van der Waals surface area contributed by atoms with E-state index in [-0.39, 0.29) is 0 Å². The van der Waals surface area contributed by atoms with Crippen molar-refractivity contribution in [2.75, 3.05) is 12.3 Å². The Balaban J connectivity index is 1.81. The third-order valence-corrected chi connectivity index (χ3v) is 3.84. The second kappa shape index (κ2) is 5.42. The highest BCUT2D eigenvalue weighted by atomic mass is 32.2. The van der Waals surface area contributed by atoms with E-state index in [9.17, 15) is 5.11 Å². The van der Waals surface area contributed by atoms with Gasteiger partial charge in [0.05, 0.1) is 0 Å². The molecule has 0 aromatic heterocycles. The normalized spacial score (nSPS) is 21.5. The van der Waals surface area contributed by atoms with Crippen LogP contribution in [0.15, 0.2) is 29.2 Å². The van der Waals surface area contributed by atoms with E-state index in [1.165, 1.54) is 19.3 Å². The zero-order chi connectivity index (χ0) is 10.5. The van der Waals surface area contributed by atoms with Crippen LogP contribution in [0.3, 0.4) is 0 Å². The molecule has 1 unspecified atom stereocenters. The van der Waals surface area contributed by atoms with Gasteiger partial charge in [-0.15, -0.1) is 11.8 Å². The first-order valence-electron chi connectivity index (χ1n) is 5.50. The molecule has 1 atom stereocenters. The summed E-state index contributed by atoms with van der Waals surface area (Å²) in [5.74, 6) is 1.46. The summed E-state index contributed by atoms with van der Waals surface area (Å²) in [5, 5.41) is 12.8. The van der Waals surface area contributed by atoms with Crippen LogP contribution in [0.4, 0.5) is 0 Å². The van der Waals surface area contributed by atoms with E-state index in [0.29, 0.717) is 11.8 Å². The van der Waals surface area contributed by atoms with Crippen LogP contribution in [-0.2, 0) is 0 Å². The van der Waals surface area contributed by atoms with Crippen LogP contribution in [-0.4, -0.2) is 23.4 Å². The highest BCUT2D eigenvalue weighted by Gasteiger charge is 2.12. The molecule has 2 rings (SSSR count). The minimum atomic E-state index is 0.358. The third-order valence-electron chi connectivity index (χ3n) is 2.68. The van der Waals surface area contributed by atoms with Gasteiger partial charge in [0.1, 0.15) is 5.75 Å². The van der Waals surface area contributed by atoms with Crippen molar-refractivity contribution in [1.29, 1.82) is 0 Å². The monoisotopic (exact) mass is 223 g/mol. The molecule has 1 heterocycles. The van der Waals surface area contributed by atoms with Crippen molar-refractivity contribution < 1.29 is 5.11 Å². The summed E-state index contributed by atoms with van der Waals surface area (Å²) in [4.78, 5) is 1.15. The molecule has 1 aromatic rings. The first-order valence-corrected chi connectivity index (χ1v) is 6.48. The third kappa shape index (κ3) is 3.43. The minimum Gasteiger partial charge on any atom is -0.508 e. The van der Waals surface area contributed by atoms with Gasteiger partial charge in [-0.1, -0.05) is 12.5 Å². The number of phenolic OH excluding ortho intramolecular Hbond substituents is 1. The highest BCUT2D eigenvalue weighted by Crippen LogP contribution is 2.24. The van der Waals surface area contributed by atoms with Crippen molar-refractivity contribution in [2.24, 2.45) is 0 Å². The maximum atomic E-state index is 9.32. The molecule has 0 bridgehead atoms. The summed E-state index contributed by atoms with van der Waals surface area (Å²) in [6, 6.07) is 8.13. The maximum absolute atomic E-state index is 9.32. The number of hydrogen-bond donors (Lipinski definition) is 2. The van der Waals surface area contributed by atoms with Crippen LogP contribution in [0, 0.1) is 0 Å². The predicted octanol–water partition coefficient (Wildman–Crippen LogP) is 2.63. The van der Waals surface area contributed by atoms with E-state index in [1.807, 2.05) is 30.0 Å². The molecular weight excluding hydrogens is 206 g/mol. The number of benzene rings is 1. The smallest absolute Gasteiger partial charge is 0.116 e. The van der Waals surface area contributed by atoms with E-state index in [1.54, 1.807) is 6.07 Å². The molecule has 82 valence electrons. The number of hydrogen-bond acceptors (Lipinski definition) is 3. The lowest BCUT2D eigenvalue weighted by Gasteiger charge is -2.22. The molecule has 3 heteroatoms. The van der Waals surface area contributed by atoms with Gasteiger partial charge >= 0.3 is 0 Å². The molecule has 2 nitrogen and oxygen atoms in total. The van der Waals surface area contributed by atoms with Gasteiger partial charge in [-0.2, -0.15) is 0 Å². The van der Waals surface area contributed by atoms with Gasteiger partial charge in [-0.3, -0.25) is 0 Å².